The number of aromatic nitrogens is 1. The summed E-state index contributed by atoms with van der Waals surface area (Å²) in [5.74, 6) is 0.466. The Bertz CT molecular complexity index is 220. The number of nitrogens with one attached hydrogen (secondary N) is 1. The molecular weight excluding hydrogens is 148 g/mol. The SMILES string of the molecule is CNC(=O)OCc1c[c]no1. The van der Waals surface area contributed by atoms with Gasteiger partial charge in [0.1, 0.15) is 6.20 Å². The summed E-state index contributed by atoms with van der Waals surface area (Å²) < 4.78 is 9.25. The maximum atomic E-state index is 10.5. The van der Waals surface area contributed by atoms with Crippen LogP contribution in [0.1, 0.15) is 5.76 Å². The van der Waals surface area contributed by atoms with Crippen LogP contribution in [0.3, 0.4) is 0 Å². The summed E-state index contributed by atoms with van der Waals surface area (Å²) in [4.78, 5) is 10.5. The molecule has 0 atom stereocenters. The van der Waals surface area contributed by atoms with Crippen molar-refractivity contribution in [3.63, 3.8) is 0 Å². The molecule has 1 heterocycles. The first kappa shape index (κ1) is 7.59. The summed E-state index contributed by atoms with van der Waals surface area (Å²) in [7, 11) is 1.48. The van der Waals surface area contributed by atoms with Crippen molar-refractivity contribution in [3.05, 3.63) is 18.0 Å². The van der Waals surface area contributed by atoms with Gasteiger partial charge in [-0.2, -0.15) is 0 Å². The van der Waals surface area contributed by atoms with Gasteiger partial charge in [-0.05, 0) is 0 Å². The maximum Gasteiger partial charge on any atom is 0.407 e. The molecule has 1 amide bonds. The van der Waals surface area contributed by atoms with Crippen molar-refractivity contribution in [2.75, 3.05) is 7.05 Å². The molecule has 0 fully saturated rings. The minimum Gasteiger partial charge on any atom is -0.441 e. The van der Waals surface area contributed by atoms with E-state index in [-0.39, 0.29) is 6.61 Å². The van der Waals surface area contributed by atoms with E-state index < -0.39 is 6.09 Å². The first-order chi connectivity index (χ1) is 5.33. The van der Waals surface area contributed by atoms with Crippen LogP contribution in [0.25, 0.3) is 0 Å². The molecule has 0 aliphatic carbocycles. The Morgan fingerprint density at radius 2 is 2.82 bits per heavy atom. The highest BCUT2D eigenvalue weighted by molar-refractivity contribution is 5.66. The lowest BCUT2D eigenvalue weighted by Crippen LogP contribution is -2.18. The Kier molecular flexibility index (Phi) is 2.48. The smallest absolute Gasteiger partial charge is 0.407 e. The Morgan fingerprint density at radius 1 is 2.00 bits per heavy atom. The van der Waals surface area contributed by atoms with Crippen LogP contribution in [-0.4, -0.2) is 18.3 Å². The van der Waals surface area contributed by atoms with E-state index in [0.717, 1.165) is 0 Å². The number of alkyl carbamates (subject to hydrolysis) is 1. The number of hydrogen-bond donors (Lipinski definition) is 1. The van der Waals surface area contributed by atoms with Crippen LogP contribution in [0.15, 0.2) is 10.6 Å². The monoisotopic (exact) mass is 155 g/mol. The first-order valence-electron chi connectivity index (χ1n) is 2.99. The minimum atomic E-state index is -0.499. The van der Waals surface area contributed by atoms with Gasteiger partial charge in [0.2, 0.25) is 0 Å². The fraction of sp³-hybridized carbons (Fsp3) is 0.333. The molecule has 0 bridgehead atoms. The number of amides is 1. The predicted octanol–water partition coefficient (Wildman–Crippen LogP) is 0.331. The van der Waals surface area contributed by atoms with Crippen LogP contribution in [0.4, 0.5) is 4.79 Å². The summed E-state index contributed by atoms with van der Waals surface area (Å²) in [5.41, 5.74) is 0. The second-order valence-corrected chi connectivity index (χ2v) is 1.75. The number of carbonyl (C=O) groups is 1. The highest BCUT2D eigenvalue weighted by Gasteiger charge is 2.01. The fourth-order valence-corrected chi connectivity index (χ4v) is 0.487. The highest BCUT2D eigenvalue weighted by Crippen LogP contribution is 1.97. The number of ether oxygens (including phenoxy) is 1. The predicted molar refractivity (Wildman–Crippen MR) is 34.6 cm³/mol. The van der Waals surface area contributed by atoms with Crippen molar-refractivity contribution >= 4 is 6.09 Å². The van der Waals surface area contributed by atoms with E-state index >= 15 is 0 Å². The normalized spacial score (nSPS) is 9.18. The lowest BCUT2D eigenvalue weighted by molar-refractivity contribution is 0.130. The molecule has 0 saturated heterocycles. The van der Waals surface area contributed by atoms with Gasteiger partial charge in [-0.1, -0.05) is 5.16 Å². The molecule has 1 aromatic heterocycles. The summed E-state index contributed by atoms with van der Waals surface area (Å²) in [6.45, 7) is 0.0795. The van der Waals surface area contributed by atoms with Gasteiger partial charge in [-0.25, -0.2) is 4.79 Å². The molecule has 0 aliphatic rings. The largest absolute Gasteiger partial charge is 0.441 e. The zero-order valence-corrected chi connectivity index (χ0v) is 5.96. The average Bonchev–Trinajstić information content (AvgIpc) is 2.52. The van der Waals surface area contributed by atoms with Crippen molar-refractivity contribution in [1.82, 2.24) is 10.5 Å². The van der Waals surface area contributed by atoms with Crippen LogP contribution >= 0.6 is 0 Å². The van der Waals surface area contributed by atoms with Gasteiger partial charge in [-0.15, -0.1) is 0 Å². The van der Waals surface area contributed by atoms with E-state index in [9.17, 15) is 4.79 Å². The Labute approximate surface area is 63.3 Å². The van der Waals surface area contributed by atoms with Crippen LogP contribution in [0.2, 0.25) is 0 Å². The standard InChI is InChI=1S/C6H7N2O3/c1-7-6(9)10-4-5-2-3-8-11-5/h2H,4H2,1H3,(H,7,9). The molecular formula is C6H7N2O3. The number of hydrogen-bond acceptors (Lipinski definition) is 4. The van der Waals surface area contributed by atoms with Crippen molar-refractivity contribution in [2.24, 2.45) is 0 Å². The van der Waals surface area contributed by atoms with Crippen molar-refractivity contribution < 1.29 is 14.1 Å². The summed E-state index contributed by atoms with van der Waals surface area (Å²) in [5, 5.41) is 5.61. The Morgan fingerprint density at radius 3 is 3.36 bits per heavy atom. The third-order valence-corrected chi connectivity index (χ3v) is 0.991. The van der Waals surface area contributed by atoms with Gasteiger partial charge in [0.15, 0.2) is 12.4 Å². The van der Waals surface area contributed by atoms with E-state index in [1.165, 1.54) is 13.1 Å². The van der Waals surface area contributed by atoms with Gasteiger partial charge in [-0.3, -0.25) is 0 Å². The van der Waals surface area contributed by atoms with Gasteiger partial charge < -0.3 is 14.6 Å². The van der Waals surface area contributed by atoms with E-state index in [2.05, 4.69) is 25.9 Å². The first-order valence-corrected chi connectivity index (χ1v) is 2.99. The zero-order valence-electron chi connectivity index (χ0n) is 5.96. The second-order valence-electron chi connectivity index (χ2n) is 1.75. The fourth-order valence-electron chi connectivity index (χ4n) is 0.487. The van der Waals surface area contributed by atoms with Crippen LogP contribution < -0.4 is 5.32 Å². The maximum absolute atomic E-state index is 10.5. The molecule has 0 saturated carbocycles. The molecule has 59 valence electrons. The van der Waals surface area contributed by atoms with Crippen LogP contribution in [0, 0.1) is 6.20 Å². The zero-order chi connectivity index (χ0) is 8.10. The summed E-state index contributed by atoms with van der Waals surface area (Å²) in [6.07, 6.45) is 1.94. The van der Waals surface area contributed by atoms with E-state index in [4.69, 9.17) is 0 Å². The highest BCUT2D eigenvalue weighted by atomic mass is 16.6. The third kappa shape index (κ3) is 2.29. The van der Waals surface area contributed by atoms with Crippen molar-refractivity contribution in [2.45, 2.75) is 6.61 Å². The lowest BCUT2D eigenvalue weighted by atomic mass is 10.5. The molecule has 0 spiro atoms. The molecule has 0 aromatic carbocycles. The molecule has 0 aliphatic heterocycles. The summed E-state index contributed by atoms with van der Waals surface area (Å²) >= 11 is 0. The molecule has 0 unspecified atom stereocenters. The van der Waals surface area contributed by atoms with Crippen molar-refractivity contribution in [3.8, 4) is 0 Å². The topological polar surface area (TPSA) is 64.4 Å². The quantitative estimate of drug-likeness (QED) is 0.668. The molecule has 5 nitrogen and oxygen atoms in total. The van der Waals surface area contributed by atoms with Crippen molar-refractivity contribution in [1.29, 1.82) is 0 Å². The van der Waals surface area contributed by atoms with Gasteiger partial charge in [0, 0.05) is 13.1 Å². The van der Waals surface area contributed by atoms with Gasteiger partial charge in [0.25, 0.3) is 0 Å². The third-order valence-electron chi connectivity index (χ3n) is 0.991. The van der Waals surface area contributed by atoms with Crippen LogP contribution in [0.5, 0.6) is 0 Å². The van der Waals surface area contributed by atoms with Gasteiger partial charge in [0.05, 0.1) is 0 Å². The van der Waals surface area contributed by atoms with Crippen LogP contribution in [-0.2, 0) is 11.3 Å². The Balaban J connectivity index is 2.29. The number of rotatable bonds is 2. The molecule has 11 heavy (non-hydrogen) atoms. The van der Waals surface area contributed by atoms with E-state index in [1.54, 1.807) is 0 Å². The molecule has 1 rings (SSSR count). The van der Waals surface area contributed by atoms with Gasteiger partial charge >= 0.3 is 6.09 Å². The van der Waals surface area contributed by atoms with E-state index in [0.29, 0.717) is 5.76 Å². The number of carbonyl (C=O) groups excluding carboxylic acids is 1. The van der Waals surface area contributed by atoms with E-state index in [1.807, 2.05) is 0 Å². The summed E-state index contributed by atoms with van der Waals surface area (Å²) in [6, 6.07) is 1.50. The second kappa shape index (κ2) is 3.60. The average molecular weight is 155 g/mol. The minimum absolute atomic E-state index is 0.0795. The Hall–Kier alpha value is -1.52. The number of nitrogens with zero attached hydrogens (tertiary/aromatic N) is 1. The molecule has 1 radical (unpaired) electrons. The lowest BCUT2D eigenvalue weighted by Gasteiger charge is -1.98. The molecule has 5 heteroatoms. The molecule has 1 N–H and O–H groups in total. The molecule has 1 aromatic rings.